The van der Waals surface area contributed by atoms with Crippen molar-refractivity contribution < 1.29 is 9.53 Å². The van der Waals surface area contributed by atoms with Crippen LogP contribution in [-0.2, 0) is 10.2 Å². The molecule has 2 N–H and O–H groups in total. The maximum absolute atomic E-state index is 12.8. The molecule has 0 aromatic heterocycles. The molecule has 3 rings (SSSR count). The summed E-state index contributed by atoms with van der Waals surface area (Å²) < 4.78 is 5.37. The molecule has 6 nitrogen and oxygen atoms in total. The predicted octanol–water partition coefficient (Wildman–Crippen LogP) is 3.32. The fourth-order valence-electron chi connectivity index (χ4n) is 4.52. The van der Waals surface area contributed by atoms with Gasteiger partial charge in [0, 0.05) is 44.1 Å². The first-order chi connectivity index (χ1) is 14.4. The standard InChI is InChI=1S/C24H38N4O2/c1-24(2,19-11-8-12-21(15-19)30-4)17-26-23(25-3)27-20-13-14-28(16-20)22(29)18-9-6-5-7-10-18/h8,11-12,15,18,20H,5-7,9-10,13-14,16-17H2,1-4H3,(H2,25,26,27). The number of nitrogens with zero attached hydrogens (tertiary/aromatic N) is 2. The van der Waals surface area contributed by atoms with E-state index >= 15 is 0 Å². The van der Waals surface area contributed by atoms with Gasteiger partial charge in [-0.1, -0.05) is 45.2 Å². The zero-order valence-corrected chi connectivity index (χ0v) is 19.0. The number of carbonyl (C=O) groups excluding carboxylic acids is 1. The molecule has 6 heteroatoms. The molecule has 1 aliphatic carbocycles. The van der Waals surface area contributed by atoms with Gasteiger partial charge in [0.25, 0.3) is 0 Å². The highest BCUT2D eigenvalue weighted by molar-refractivity contribution is 5.81. The summed E-state index contributed by atoms with van der Waals surface area (Å²) in [6.07, 6.45) is 6.78. The molecular weight excluding hydrogens is 376 g/mol. The second-order valence-electron chi connectivity index (χ2n) is 9.29. The Hall–Kier alpha value is -2.24. The van der Waals surface area contributed by atoms with Crippen molar-refractivity contribution in [1.82, 2.24) is 15.5 Å². The van der Waals surface area contributed by atoms with Crippen LogP contribution < -0.4 is 15.4 Å². The fourth-order valence-corrected chi connectivity index (χ4v) is 4.52. The number of hydrogen-bond acceptors (Lipinski definition) is 3. The number of amides is 1. The molecule has 0 spiro atoms. The second kappa shape index (κ2) is 10.2. The number of methoxy groups -OCH3 is 1. The van der Waals surface area contributed by atoms with E-state index in [-0.39, 0.29) is 17.4 Å². The summed E-state index contributed by atoms with van der Waals surface area (Å²) in [5.74, 6) is 2.28. The van der Waals surface area contributed by atoms with Crippen LogP contribution in [0, 0.1) is 5.92 Å². The van der Waals surface area contributed by atoms with Crippen molar-refractivity contribution in [3.05, 3.63) is 29.8 Å². The quantitative estimate of drug-likeness (QED) is 0.554. The molecule has 1 atom stereocenters. The van der Waals surface area contributed by atoms with Gasteiger partial charge in [-0.25, -0.2) is 0 Å². The molecule has 0 radical (unpaired) electrons. The number of hydrogen-bond donors (Lipinski definition) is 2. The lowest BCUT2D eigenvalue weighted by molar-refractivity contribution is -0.135. The van der Waals surface area contributed by atoms with E-state index in [0.717, 1.165) is 50.6 Å². The smallest absolute Gasteiger partial charge is 0.225 e. The number of nitrogens with one attached hydrogen (secondary N) is 2. The van der Waals surface area contributed by atoms with Crippen molar-refractivity contribution in [2.75, 3.05) is 33.8 Å². The van der Waals surface area contributed by atoms with E-state index in [1.165, 1.54) is 24.8 Å². The SMILES string of the molecule is CN=C(NCC(C)(C)c1cccc(OC)c1)NC1CCN(C(=O)C2CCCCC2)C1. The lowest BCUT2D eigenvalue weighted by atomic mass is 9.84. The summed E-state index contributed by atoms with van der Waals surface area (Å²) in [4.78, 5) is 19.3. The summed E-state index contributed by atoms with van der Waals surface area (Å²) in [6, 6.07) is 8.46. The van der Waals surface area contributed by atoms with Gasteiger partial charge < -0.3 is 20.3 Å². The fraction of sp³-hybridized carbons (Fsp3) is 0.667. The van der Waals surface area contributed by atoms with Crippen LogP contribution in [-0.4, -0.2) is 56.6 Å². The Balaban J connectivity index is 1.50. The lowest BCUT2D eigenvalue weighted by Gasteiger charge is -2.28. The van der Waals surface area contributed by atoms with Gasteiger partial charge in [0.2, 0.25) is 5.91 Å². The molecule has 30 heavy (non-hydrogen) atoms. The third kappa shape index (κ3) is 5.67. The van der Waals surface area contributed by atoms with Crippen molar-refractivity contribution in [3.8, 4) is 5.75 Å². The van der Waals surface area contributed by atoms with E-state index in [1.807, 2.05) is 12.1 Å². The third-order valence-corrected chi connectivity index (χ3v) is 6.57. The number of benzene rings is 1. The van der Waals surface area contributed by atoms with E-state index in [0.29, 0.717) is 5.91 Å². The molecule has 1 aromatic rings. The highest BCUT2D eigenvalue weighted by Crippen LogP contribution is 2.27. The van der Waals surface area contributed by atoms with Gasteiger partial charge in [-0.15, -0.1) is 0 Å². The van der Waals surface area contributed by atoms with Crippen LogP contribution in [0.25, 0.3) is 0 Å². The highest BCUT2D eigenvalue weighted by atomic mass is 16.5. The molecular formula is C24H38N4O2. The number of rotatable bonds is 6. The van der Waals surface area contributed by atoms with Crippen LogP contribution >= 0.6 is 0 Å². The largest absolute Gasteiger partial charge is 0.497 e. The zero-order chi connectivity index (χ0) is 21.6. The van der Waals surface area contributed by atoms with Crippen LogP contribution in [0.15, 0.2) is 29.3 Å². The van der Waals surface area contributed by atoms with Crippen LogP contribution in [0.2, 0.25) is 0 Å². The van der Waals surface area contributed by atoms with Crippen molar-refractivity contribution in [3.63, 3.8) is 0 Å². The van der Waals surface area contributed by atoms with E-state index < -0.39 is 0 Å². The molecule has 2 aliphatic rings. The first-order valence-electron chi connectivity index (χ1n) is 11.3. The molecule has 166 valence electrons. The summed E-state index contributed by atoms with van der Waals surface area (Å²) in [5.41, 5.74) is 1.14. The second-order valence-corrected chi connectivity index (χ2v) is 9.29. The monoisotopic (exact) mass is 414 g/mol. The van der Waals surface area contributed by atoms with Crippen molar-refractivity contribution in [2.45, 2.75) is 63.8 Å². The van der Waals surface area contributed by atoms with Crippen molar-refractivity contribution in [2.24, 2.45) is 10.9 Å². The average Bonchev–Trinajstić information content (AvgIpc) is 3.25. The molecule has 1 aromatic carbocycles. The first-order valence-corrected chi connectivity index (χ1v) is 11.3. The normalized spacial score (nSPS) is 20.9. The third-order valence-electron chi connectivity index (χ3n) is 6.57. The van der Waals surface area contributed by atoms with Crippen molar-refractivity contribution in [1.29, 1.82) is 0 Å². The summed E-state index contributed by atoms with van der Waals surface area (Å²) in [6.45, 7) is 6.79. The topological polar surface area (TPSA) is 66.0 Å². The molecule has 0 bridgehead atoms. The molecule has 1 unspecified atom stereocenters. The number of aliphatic imine (C=N–C) groups is 1. The Kier molecular flexibility index (Phi) is 7.62. The summed E-state index contributed by atoms with van der Waals surface area (Å²) >= 11 is 0. The highest BCUT2D eigenvalue weighted by Gasteiger charge is 2.32. The molecule has 1 amide bonds. The van der Waals surface area contributed by atoms with Gasteiger partial charge in [0.15, 0.2) is 5.96 Å². The number of carbonyl (C=O) groups is 1. The molecule has 2 fully saturated rings. The van der Waals surface area contributed by atoms with E-state index in [1.54, 1.807) is 14.2 Å². The number of likely N-dealkylation sites (tertiary alicyclic amines) is 1. The number of guanidine groups is 1. The first kappa shape index (κ1) is 22.4. The Bertz CT molecular complexity index is 740. The maximum atomic E-state index is 12.8. The minimum absolute atomic E-state index is 0.0786. The Labute approximate surface area is 181 Å². The van der Waals surface area contributed by atoms with Crippen LogP contribution in [0.1, 0.15) is 57.9 Å². The van der Waals surface area contributed by atoms with Crippen molar-refractivity contribution >= 4 is 11.9 Å². The molecule has 1 heterocycles. The minimum atomic E-state index is -0.0786. The Morgan fingerprint density at radius 1 is 1.23 bits per heavy atom. The van der Waals surface area contributed by atoms with Gasteiger partial charge in [0.05, 0.1) is 7.11 Å². The molecule has 1 saturated heterocycles. The summed E-state index contributed by atoms with van der Waals surface area (Å²) in [7, 11) is 3.49. The van der Waals surface area contributed by atoms with Crippen LogP contribution in [0.4, 0.5) is 0 Å². The van der Waals surface area contributed by atoms with Gasteiger partial charge in [-0.2, -0.15) is 0 Å². The average molecular weight is 415 g/mol. The van der Waals surface area contributed by atoms with Gasteiger partial charge >= 0.3 is 0 Å². The van der Waals surface area contributed by atoms with Gasteiger partial charge in [0.1, 0.15) is 5.75 Å². The number of ether oxygens (including phenoxy) is 1. The van der Waals surface area contributed by atoms with Gasteiger partial charge in [-0.3, -0.25) is 9.79 Å². The predicted molar refractivity (Wildman–Crippen MR) is 122 cm³/mol. The Morgan fingerprint density at radius 3 is 2.70 bits per heavy atom. The zero-order valence-electron chi connectivity index (χ0n) is 19.0. The Morgan fingerprint density at radius 2 is 2.00 bits per heavy atom. The van der Waals surface area contributed by atoms with Gasteiger partial charge in [-0.05, 0) is 37.0 Å². The van der Waals surface area contributed by atoms with Crippen LogP contribution in [0.5, 0.6) is 5.75 Å². The maximum Gasteiger partial charge on any atom is 0.225 e. The molecule has 1 aliphatic heterocycles. The van der Waals surface area contributed by atoms with E-state index in [9.17, 15) is 4.79 Å². The van der Waals surface area contributed by atoms with E-state index in [4.69, 9.17) is 4.74 Å². The summed E-state index contributed by atoms with van der Waals surface area (Å²) in [5, 5.41) is 6.99. The lowest BCUT2D eigenvalue weighted by Crippen LogP contribution is -2.48. The van der Waals surface area contributed by atoms with Crippen LogP contribution in [0.3, 0.4) is 0 Å². The minimum Gasteiger partial charge on any atom is -0.497 e. The molecule has 1 saturated carbocycles. The van der Waals surface area contributed by atoms with E-state index in [2.05, 4.69) is 46.5 Å².